The van der Waals surface area contributed by atoms with Gasteiger partial charge in [-0.05, 0) is 6.92 Å². The number of aliphatic hydroxyl groups is 1. The number of aromatic nitrogens is 5. The van der Waals surface area contributed by atoms with Crippen LogP contribution in [0.15, 0.2) is 9.68 Å². The van der Waals surface area contributed by atoms with Crippen molar-refractivity contribution < 1.29 is 9.63 Å². The first kappa shape index (κ1) is 15.0. The zero-order valence-corrected chi connectivity index (χ0v) is 13.1. The summed E-state index contributed by atoms with van der Waals surface area (Å²) in [7, 11) is 1.81. The molecule has 2 heterocycles. The summed E-state index contributed by atoms with van der Waals surface area (Å²) in [5, 5.41) is 21.7. The monoisotopic (exact) mass is 297 g/mol. The Morgan fingerprint density at radius 3 is 2.55 bits per heavy atom. The van der Waals surface area contributed by atoms with Crippen molar-refractivity contribution in [3.05, 3.63) is 17.5 Å². The van der Waals surface area contributed by atoms with Gasteiger partial charge < -0.3 is 14.2 Å². The minimum absolute atomic E-state index is 0.0342. The van der Waals surface area contributed by atoms with Crippen molar-refractivity contribution in [2.75, 3.05) is 0 Å². The van der Waals surface area contributed by atoms with Crippen LogP contribution in [0.3, 0.4) is 0 Å². The van der Waals surface area contributed by atoms with Gasteiger partial charge in [-0.25, -0.2) is 0 Å². The summed E-state index contributed by atoms with van der Waals surface area (Å²) in [5.74, 6) is 1.78. The SMILES string of the molecule is CC(Sc1nnc(CO)n1C)c1nc(C(C)(C)C)no1. The van der Waals surface area contributed by atoms with Crippen molar-refractivity contribution >= 4 is 11.8 Å². The molecule has 0 aliphatic carbocycles. The lowest BCUT2D eigenvalue weighted by Gasteiger charge is -2.11. The van der Waals surface area contributed by atoms with Crippen LogP contribution in [0.25, 0.3) is 0 Å². The van der Waals surface area contributed by atoms with Crippen LogP contribution in [0.2, 0.25) is 0 Å². The Hall–Kier alpha value is -1.41. The van der Waals surface area contributed by atoms with Gasteiger partial charge in [0.15, 0.2) is 16.8 Å². The maximum Gasteiger partial charge on any atom is 0.239 e. The van der Waals surface area contributed by atoms with Gasteiger partial charge in [0.2, 0.25) is 5.89 Å². The van der Waals surface area contributed by atoms with E-state index in [0.29, 0.717) is 22.7 Å². The fourth-order valence-electron chi connectivity index (χ4n) is 1.50. The molecule has 0 saturated carbocycles. The lowest BCUT2D eigenvalue weighted by molar-refractivity contribution is 0.266. The standard InChI is InChI=1S/C12H19N5O2S/c1-7(9-13-10(16-19-9)12(2,3)4)20-11-15-14-8(6-18)17(11)5/h7,18H,6H2,1-5H3. The predicted octanol–water partition coefficient (Wildman–Crippen LogP) is 1.84. The first-order chi connectivity index (χ1) is 9.32. The molecule has 0 fully saturated rings. The largest absolute Gasteiger partial charge is 0.388 e. The summed E-state index contributed by atoms with van der Waals surface area (Å²) in [6.45, 7) is 7.95. The van der Waals surface area contributed by atoms with E-state index in [9.17, 15) is 0 Å². The lowest BCUT2D eigenvalue weighted by atomic mass is 9.96. The van der Waals surface area contributed by atoms with E-state index in [4.69, 9.17) is 9.63 Å². The van der Waals surface area contributed by atoms with Crippen LogP contribution < -0.4 is 0 Å². The van der Waals surface area contributed by atoms with Crippen molar-refractivity contribution in [2.24, 2.45) is 7.05 Å². The van der Waals surface area contributed by atoms with E-state index in [1.165, 1.54) is 11.8 Å². The van der Waals surface area contributed by atoms with Crippen molar-refractivity contribution in [3.8, 4) is 0 Å². The number of rotatable bonds is 4. The van der Waals surface area contributed by atoms with Crippen molar-refractivity contribution in [2.45, 2.75) is 50.1 Å². The van der Waals surface area contributed by atoms with Gasteiger partial charge in [-0.3, -0.25) is 0 Å². The van der Waals surface area contributed by atoms with Gasteiger partial charge in [-0.15, -0.1) is 10.2 Å². The summed E-state index contributed by atoms with van der Waals surface area (Å²) in [6.07, 6.45) is 0. The van der Waals surface area contributed by atoms with Gasteiger partial charge in [0.25, 0.3) is 0 Å². The molecular weight excluding hydrogens is 278 g/mol. The maximum absolute atomic E-state index is 9.10. The van der Waals surface area contributed by atoms with Gasteiger partial charge in [-0.1, -0.05) is 37.7 Å². The molecule has 0 aromatic carbocycles. The Kier molecular flexibility index (Phi) is 4.14. The smallest absolute Gasteiger partial charge is 0.239 e. The normalized spacial score (nSPS) is 13.7. The fourth-order valence-corrected chi connectivity index (χ4v) is 2.36. The van der Waals surface area contributed by atoms with Crippen molar-refractivity contribution in [1.82, 2.24) is 24.9 Å². The molecule has 2 aromatic rings. The average molecular weight is 297 g/mol. The van der Waals surface area contributed by atoms with Crippen LogP contribution in [-0.4, -0.2) is 30.0 Å². The molecule has 110 valence electrons. The molecule has 8 heteroatoms. The van der Waals surface area contributed by atoms with E-state index < -0.39 is 0 Å². The molecule has 0 amide bonds. The highest BCUT2D eigenvalue weighted by Gasteiger charge is 2.24. The molecule has 0 bridgehead atoms. The highest BCUT2D eigenvalue weighted by atomic mass is 32.2. The van der Waals surface area contributed by atoms with E-state index in [2.05, 4.69) is 20.3 Å². The third-order valence-electron chi connectivity index (χ3n) is 2.81. The highest BCUT2D eigenvalue weighted by Crippen LogP contribution is 2.33. The van der Waals surface area contributed by atoms with Crippen molar-refractivity contribution in [3.63, 3.8) is 0 Å². The second-order valence-corrected chi connectivity index (χ2v) is 6.89. The minimum Gasteiger partial charge on any atom is -0.388 e. The first-order valence-electron chi connectivity index (χ1n) is 6.32. The molecule has 0 aliphatic rings. The molecule has 20 heavy (non-hydrogen) atoms. The fraction of sp³-hybridized carbons (Fsp3) is 0.667. The van der Waals surface area contributed by atoms with Gasteiger partial charge in [-0.2, -0.15) is 4.98 Å². The molecule has 7 nitrogen and oxygen atoms in total. The first-order valence-corrected chi connectivity index (χ1v) is 7.20. The van der Waals surface area contributed by atoms with E-state index in [1.807, 2.05) is 34.7 Å². The van der Waals surface area contributed by atoms with Crippen LogP contribution in [0, 0.1) is 0 Å². The second kappa shape index (κ2) is 5.53. The van der Waals surface area contributed by atoms with E-state index in [1.54, 1.807) is 4.57 Å². The second-order valence-electron chi connectivity index (χ2n) is 5.58. The van der Waals surface area contributed by atoms with Crippen LogP contribution in [-0.2, 0) is 19.1 Å². The number of hydrogen-bond acceptors (Lipinski definition) is 7. The molecule has 1 N–H and O–H groups in total. The van der Waals surface area contributed by atoms with Gasteiger partial charge in [0, 0.05) is 12.5 Å². The van der Waals surface area contributed by atoms with Gasteiger partial charge in [0.05, 0.1) is 5.25 Å². The Labute approximate surface area is 121 Å². The van der Waals surface area contributed by atoms with Gasteiger partial charge >= 0.3 is 0 Å². The lowest BCUT2D eigenvalue weighted by Crippen LogP contribution is -2.13. The summed E-state index contributed by atoms with van der Waals surface area (Å²) in [5.41, 5.74) is -0.138. The number of aliphatic hydroxyl groups excluding tert-OH is 1. The average Bonchev–Trinajstić information content (AvgIpc) is 2.97. The number of nitrogens with zero attached hydrogens (tertiary/aromatic N) is 5. The number of thioether (sulfide) groups is 1. The molecule has 2 aromatic heterocycles. The summed E-state index contributed by atoms with van der Waals surface area (Å²) >= 11 is 1.47. The quantitative estimate of drug-likeness (QED) is 0.861. The summed E-state index contributed by atoms with van der Waals surface area (Å²) in [6, 6.07) is 0. The topological polar surface area (TPSA) is 89.9 Å². The Bertz CT molecular complexity index is 587. The highest BCUT2D eigenvalue weighted by molar-refractivity contribution is 7.99. The molecule has 1 unspecified atom stereocenters. The summed E-state index contributed by atoms with van der Waals surface area (Å²) in [4.78, 5) is 4.43. The zero-order valence-electron chi connectivity index (χ0n) is 12.3. The van der Waals surface area contributed by atoms with Crippen LogP contribution in [0.1, 0.15) is 50.5 Å². The maximum atomic E-state index is 9.10. The van der Waals surface area contributed by atoms with Crippen LogP contribution >= 0.6 is 11.8 Å². The summed E-state index contributed by atoms with van der Waals surface area (Å²) < 4.78 is 7.06. The van der Waals surface area contributed by atoms with Gasteiger partial charge in [0.1, 0.15) is 6.61 Å². The van der Waals surface area contributed by atoms with E-state index in [-0.39, 0.29) is 17.3 Å². The van der Waals surface area contributed by atoms with E-state index >= 15 is 0 Å². The van der Waals surface area contributed by atoms with Crippen LogP contribution in [0.4, 0.5) is 0 Å². The van der Waals surface area contributed by atoms with Crippen molar-refractivity contribution in [1.29, 1.82) is 0 Å². The Balaban J connectivity index is 2.13. The number of hydrogen-bond donors (Lipinski definition) is 1. The molecule has 2 rings (SSSR count). The molecule has 0 radical (unpaired) electrons. The zero-order chi connectivity index (χ0) is 14.9. The third-order valence-corrected chi connectivity index (χ3v) is 3.93. The Morgan fingerprint density at radius 1 is 1.35 bits per heavy atom. The van der Waals surface area contributed by atoms with E-state index in [0.717, 1.165) is 0 Å². The molecule has 1 atom stereocenters. The third kappa shape index (κ3) is 3.01. The predicted molar refractivity (Wildman–Crippen MR) is 74.2 cm³/mol. The molecular formula is C12H19N5O2S. The Morgan fingerprint density at radius 2 is 2.05 bits per heavy atom. The molecule has 0 spiro atoms. The minimum atomic E-state index is -0.138. The molecule has 0 aliphatic heterocycles. The van der Waals surface area contributed by atoms with Crippen LogP contribution in [0.5, 0.6) is 0 Å². The molecule has 0 saturated heterocycles.